The van der Waals surface area contributed by atoms with Crippen molar-refractivity contribution in [3.05, 3.63) is 66.6 Å². The molecule has 1 aliphatic heterocycles. The molecule has 134 valence electrons. The first-order chi connectivity index (χ1) is 12.8. The van der Waals surface area contributed by atoms with Crippen molar-refractivity contribution in [3.8, 4) is 5.69 Å². The van der Waals surface area contributed by atoms with Crippen LogP contribution in [-0.4, -0.2) is 51.1 Å². The number of hydrogen-bond donors (Lipinski definition) is 0. The van der Waals surface area contributed by atoms with Crippen LogP contribution in [0.4, 0.5) is 5.82 Å². The summed E-state index contributed by atoms with van der Waals surface area (Å²) < 4.78 is 1.94. The number of benzene rings is 1. The van der Waals surface area contributed by atoms with Gasteiger partial charge in [-0.25, -0.2) is 4.68 Å². The van der Waals surface area contributed by atoms with Gasteiger partial charge >= 0.3 is 0 Å². The van der Waals surface area contributed by atoms with Gasteiger partial charge in [-0.15, -0.1) is 5.10 Å². The van der Waals surface area contributed by atoms with Gasteiger partial charge in [-0.1, -0.05) is 18.2 Å². The van der Waals surface area contributed by atoms with Crippen LogP contribution in [0.2, 0.25) is 0 Å². The Bertz CT molecular complexity index is 817. The van der Waals surface area contributed by atoms with Crippen LogP contribution in [0.5, 0.6) is 0 Å². The minimum Gasteiger partial charge on any atom is -0.351 e. The lowest BCUT2D eigenvalue weighted by molar-refractivity contribution is 0.299. The average Bonchev–Trinajstić information content (AvgIpc) is 3.33. The van der Waals surface area contributed by atoms with E-state index >= 15 is 0 Å². The first-order valence-corrected chi connectivity index (χ1v) is 9.12. The minimum absolute atomic E-state index is 0.480. The van der Waals surface area contributed by atoms with Crippen LogP contribution in [0.3, 0.4) is 0 Å². The third kappa shape index (κ3) is 3.75. The van der Waals surface area contributed by atoms with Gasteiger partial charge in [0.2, 0.25) is 0 Å². The average molecular weight is 348 g/mol. The van der Waals surface area contributed by atoms with Crippen molar-refractivity contribution in [2.75, 3.05) is 25.0 Å². The zero-order valence-electron chi connectivity index (χ0n) is 15.1. The zero-order chi connectivity index (χ0) is 17.8. The number of likely N-dealkylation sites (N-methyl/N-ethyl adjacent to an activating group) is 1. The topological polar surface area (TPSA) is 50.1 Å². The fourth-order valence-electron chi connectivity index (χ4n) is 3.65. The highest BCUT2D eigenvalue weighted by Gasteiger charge is 2.26. The van der Waals surface area contributed by atoms with Crippen molar-refractivity contribution >= 4 is 5.82 Å². The molecule has 0 unspecified atom stereocenters. The second kappa shape index (κ2) is 7.66. The molecular weight excluding hydrogens is 324 g/mol. The smallest absolute Gasteiger partial charge is 0.151 e. The highest BCUT2D eigenvalue weighted by atomic mass is 15.3. The number of nitrogens with zero attached hydrogens (tertiary/aromatic N) is 6. The molecule has 6 heteroatoms. The fourth-order valence-corrected chi connectivity index (χ4v) is 3.65. The van der Waals surface area contributed by atoms with E-state index in [9.17, 15) is 0 Å². The van der Waals surface area contributed by atoms with Crippen LogP contribution in [0, 0.1) is 0 Å². The van der Waals surface area contributed by atoms with Crippen molar-refractivity contribution in [2.45, 2.75) is 25.4 Å². The first kappa shape index (κ1) is 16.7. The van der Waals surface area contributed by atoms with E-state index in [4.69, 9.17) is 5.10 Å². The molecule has 0 bridgehead atoms. The lowest BCUT2D eigenvalue weighted by Gasteiger charge is -2.28. The molecule has 3 heterocycles. The molecule has 0 spiro atoms. The van der Waals surface area contributed by atoms with E-state index in [2.05, 4.69) is 45.2 Å². The van der Waals surface area contributed by atoms with Crippen molar-refractivity contribution < 1.29 is 0 Å². The van der Waals surface area contributed by atoms with Gasteiger partial charge < -0.3 is 4.90 Å². The summed E-state index contributed by atoms with van der Waals surface area (Å²) in [5.41, 5.74) is 2.17. The van der Waals surface area contributed by atoms with Crippen LogP contribution in [0.15, 0.2) is 60.9 Å². The Morgan fingerprint density at radius 3 is 2.81 bits per heavy atom. The lowest BCUT2D eigenvalue weighted by atomic mass is 10.2. The SMILES string of the molecule is CN(Cc1ccn(-c2ccccc2)n1)C[C@@H]1CCCN1c1cccnn1. The highest BCUT2D eigenvalue weighted by Crippen LogP contribution is 2.23. The fraction of sp³-hybridized carbons (Fsp3) is 0.350. The van der Waals surface area contributed by atoms with Gasteiger partial charge in [0, 0.05) is 38.1 Å². The number of aromatic nitrogens is 4. The quantitative estimate of drug-likeness (QED) is 0.686. The number of hydrogen-bond acceptors (Lipinski definition) is 5. The van der Waals surface area contributed by atoms with E-state index in [1.165, 1.54) is 12.8 Å². The molecular formula is C20H24N6. The normalized spacial score (nSPS) is 17.2. The Balaban J connectivity index is 1.38. The summed E-state index contributed by atoms with van der Waals surface area (Å²) in [5.74, 6) is 0.983. The molecule has 1 fully saturated rings. The van der Waals surface area contributed by atoms with Crippen LogP contribution >= 0.6 is 0 Å². The Morgan fingerprint density at radius 2 is 2.00 bits per heavy atom. The molecule has 1 saturated heterocycles. The van der Waals surface area contributed by atoms with Crippen LogP contribution in [0.25, 0.3) is 5.69 Å². The maximum Gasteiger partial charge on any atom is 0.151 e. The second-order valence-electron chi connectivity index (χ2n) is 6.86. The van der Waals surface area contributed by atoms with E-state index in [0.29, 0.717) is 6.04 Å². The van der Waals surface area contributed by atoms with E-state index in [1.54, 1.807) is 6.20 Å². The van der Waals surface area contributed by atoms with Crippen LogP contribution in [-0.2, 0) is 6.54 Å². The molecule has 0 amide bonds. The predicted molar refractivity (Wildman–Crippen MR) is 102 cm³/mol. The Labute approximate surface area is 154 Å². The molecule has 0 radical (unpaired) electrons. The monoisotopic (exact) mass is 348 g/mol. The lowest BCUT2D eigenvalue weighted by Crippen LogP contribution is -2.39. The largest absolute Gasteiger partial charge is 0.351 e. The molecule has 0 saturated carbocycles. The van der Waals surface area contributed by atoms with Crippen molar-refractivity contribution in [2.24, 2.45) is 0 Å². The number of para-hydroxylation sites is 1. The standard InChI is InChI=1S/C20H24N6/c1-24(15-17-11-14-26(23-17)18-7-3-2-4-8-18)16-19-9-6-13-25(19)20-10-5-12-21-22-20/h2-5,7-8,10-12,14,19H,6,9,13,15-16H2,1H3/t19-/m0/s1. The summed E-state index contributed by atoms with van der Waals surface area (Å²) in [6.45, 7) is 2.89. The number of rotatable bonds is 6. The molecule has 3 aromatic rings. The first-order valence-electron chi connectivity index (χ1n) is 9.12. The molecule has 1 aromatic carbocycles. The summed E-state index contributed by atoms with van der Waals surface area (Å²) in [5, 5.41) is 13.0. The summed E-state index contributed by atoms with van der Waals surface area (Å²) in [6, 6.07) is 16.8. The van der Waals surface area contributed by atoms with Gasteiger partial charge in [0.25, 0.3) is 0 Å². The Hall–Kier alpha value is -2.73. The second-order valence-corrected chi connectivity index (χ2v) is 6.86. The molecule has 1 aliphatic rings. The minimum atomic E-state index is 0.480. The molecule has 6 nitrogen and oxygen atoms in total. The highest BCUT2D eigenvalue weighted by molar-refractivity contribution is 5.39. The summed E-state index contributed by atoms with van der Waals surface area (Å²) in [6.07, 6.45) is 6.15. The summed E-state index contributed by atoms with van der Waals surface area (Å²) in [4.78, 5) is 4.73. The molecule has 0 aliphatic carbocycles. The van der Waals surface area contributed by atoms with Crippen molar-refractivity contribution in [1.29, 1.82) is 0 Å². The van der Waals surface area contributed by atoms with Gasteiger partial charge in [-0.3, -0.25) is 4.90 Å². The van der Waals surface area contributed by atoms with E-state index in [1.807, 2.05) is 41.2 Å². The maximum atomic E-state index is 4.71. The Kier molecular flexibility index (Phi) is 4.93. The third-order valence-electron chi connectivity index (χ3n) is 4.85. The summed E-state index contributed by atoms with van der Waals surface area (Å²) >= 11 is 0. The zero-order valence-corrected chi connectivity index (χ0v) is 15.1. The molecule has 0 N–H and O–H groups in total. The molecule has 1 atom stereocenters. The summed E-state index contributed by atoms with van der Waals surface area (Å²) in [7, 11) is 2.16. The molecule has 2 aromatic heterocycles. The van der Waals surface area contributed by atoms with Crippen molar-refractivity contribution in [3.63, 3.8) is 0 Å². The van der Waals surface area contributed by atoms with Crippen LogP contribution in [0.1, 0.15) is 18.5 Å². The van der Waals surface area contributed by atoms with Gasteiger partial charge in [0.15, 0.2) is 5.82 Å². The Morgan fingerprint density at radius 1 is 1.12 bits per heavy atom. The maximum absolute atomic E-state index is 4.71. The van der Waals surface area contributed by atoms with Crippen LogP contribution < -0.4 is 4.90 Å². The molecule has 4 rings (SSSR count). The van der Waals surface area contributed by atoms with Gasteiger partial charge in [0.1, 0.15) is 0 Å². The van der Waals surface area contributed by atoms with Gasteiger partial charge in [0.05, 0.1) is 11.4 Å². The third-order valence-corrected chi connectivity index (χ3v) is 4.85. The number of anilines is 1. The van der Waals surface area contributed by atoms with E-state index in [0.717, 1.165) is 36.8 Å². The van der Waals surface area contributed by atoms with E-state index < -0.39 is 0 Å². The van der Waals surface area contributed by atoms with E-state index in [-0.39, 0.29) is 0 Å². The molecule has 26 heavy (non-hydrogen) atoms. The van der Waals surface area contributed by atoms with Crippen molar-refractivity contribution in [1.82, 2.24) is 24.9 Å². The van der Waals surface area contributed by atoms with Gasteiger partial charge in [-0.2, -0.15) is 10.2 Å². The predicted octanol–water partition coefficient (Wildman–Crippen LogP) is 2.76. The van der Waals surface area contributed by atoms with Gasteiger partial charge in [-0.05, 0) is 50.2 Å².